The lowest BCUT2D eigenvalue weighted by molar-refractivity contribution is 0.0971. The molecule has 4 aromatic rings. The van der Waals surface area contributed by atoms with Crippen molar-refractivity contribution in [2.45, 2.75) is 19.9 Å². The van der Waals surface area contributed by atoms with Crippen molar-refractivity contribution in [3.63, 3.8) is 0 Å². The van der Waals surface area contributed by atoms with Crippen molar-refractivity contribution in [3.8, 4) is 0 Å². The van der Waals surface area contributed by atoms with Gasteiger partial charge in [0.15, 0.2) is 10.6 Å². The molecule has 2 aromatic heterocycles. The Morgan fingerprint density at radius 2 is 1.97 bits per heavy atom. The van der Waals surface area contributed by atoms with Gasteiger partial charge < -0.3 is 4.42 Å². The highest BCUT2D eigenvalue weighted by Gasteiger charge is 2.45. The number of carbonyl (C=O) groups excluding carboxylic acids is 1. The number of nitrogens with zero attached hydrogens (tertiary/aromatic N) is 2. The normalized spacial score (nSPS) is 15.8. The Balaban J connectivity index is 1.84. The van der Waals surface area contributed by atoms with Crippen molar-refractivity contribution in [1.29, 1.82) is 0 Å². The Labute approximate surface area is 189 Å². The number of hydrogen-bond acceptors (Lipinski definition) is 5. The molecule has 2 aromatic carbocycles. The summed E-state index contributed by atoms with van der Waals surface area (Å²) in [5.74, 6) is -0.331. The first kappa shape index (κ1) is 19.5. The van der Waals surface area contributed by atoms with E-state index in [9.17, 15) is 9.59 Å². The molecule has 0 saturated heterocycles. The minimum atomic E-state index is -0.644. The zero-order valence-corrected chi connectivity index (χ0v) is 19.1. The summed E-state index contributed by atoms with van der Waals surface area (Å²) in [6.07, 6.45) is 0. The summed E-state index contributed by atoms with van der Waals surface area (Å²) >= 11 is 11.0. The summed E-state index contributed by atoms with van der Waals surface area (Å²) in [5.41, 5.74) is 2.01. The number of benzene rings is 2. The standard InChI is InChI=1S/C22H14BrClN2O3S/c1-10-11(2)30-22(25-10)26-18(12-4-3-5-13(23)8-12)17-19(27)15-9-14(24)6-7-16(15)29-20(17)21(26)28/h3-9,18H,1-2H3. The average molecular weight is 502 g/mol. The van der Waals surface area contributed by atoms with Gasteiger partial charge in [0, 0.05) is 14.4 Å². The number of aromatic nitrogens is 1. The zero-order valence-electron chi connectivity index (χ0n) is 15.9. The van der Waals surface area contributed by atoms with E-state index in [0.29, 0.717) is 26.7 Å². The summed E-state index contributed by atoms with van der Waals surface area (Å²) in [7, 11) is 0. The molecule has 0 aliphatic carbocycles. The lowest BCUT2D eigenvalue weighted by Gasteiger charge is -2.22. The molecule has 3 heterocycles. The molecular weight excluding hydrogens is 488 g/mol. The summed E-state index contributed by atoms with van der Waals surface area (Å²) in [5, 5.41) is 1.32. The maximum absolute atomic E-state index is 13.5. The molecule has 5 rings (SSSR count). The third kappa shape index (κ3) is 2.92. The van der Waals surface area contributed by atoms with Crippen LogP contribution in [0.2, 0.25) is 5.02 Å². The molecular formula is C22H14BrClN2O3S. The van der Waals surface area contributed by atoms with Gasteiger partial charge in [0.1, 0.15) is 5.58 Å². The second-order valence-corrected chi connectivity index (χ2v) is 9.62. The van der Waals surface area contributed by atoms with E-state index < -0.39 is 6.04 Å². The molecule has 1 amide bonds. The predicted molar refractivity (Wildman–Crippen MR) is 122 cm³/mol. The van der Waals surface area contributed by atoms with Gasteiger partial charge in [-0.1, -0.05) is 39.7 Å². The second-order valence-electron chi connectivity index (χ2n) is 7.09. The quantitative estimate of drug-likeness (QED) is 0.336. The molecule has 0 fully saturated rings. The number of aryl methyl sites for hydroxylation is 2. The fraction of sp³-hybridized carbons (Fsp3) is 0.136. The molecule has 1 aliphatic heterocycles. The van der Waals surface area contributed by atoms with Gasteiger partial charge >= 0.3 is 0 Å². The van der Waals surface area contributed by atoms with Crippen LogP contribution in [-0.2, 0) is 0 Å². The average Bonchev–Trinajstić information content (AvgIpc) is 3.19. The maximum atomic E-state index is 13.5. The first-order chi connectivity index (χ1) is 14.3. The number of thiazole rings is 1. The first-order valence-electron chi connectivity index (χ1n) is 9.14. The molecule has 0 saturated carbocycles. The molecule has 0 bridgehead atoms. The highest BCUT2D eigenvalue weighted by molar-refractivity contribution is 9.10. The van der Waals surface area contributed by atoms with E-state index in [4.69, 9.17) is 16.0 Å². The number of carbonyl (C=O) groups is 1. The highest BCUT2D eigenvalue weighted by atomic mass is 79.9. The highest BCUT2D eigenvalue weighted by Crippen LogP contribution is 2.43. The van der Waals surface area contributed by atoms with Gasteiger partial charge in [-0.15, -0.1) is 11.3 Å². The van der Waals surface area contributed by atoms with Crippen LogP contribution in [0.3, 0.4) is 0 Å². The van der Waals surface area contributed by atoms with Gasteiger partial charge in [-0.25, -0.2) is 4.98 Å². The molecule has 1 unspecified atom stereocenters. The summed E-state index contributed by atoms with van der Waals surface area (Å²) in [4.78, 5) is 34.1. The Kier molecular flexibility index (Phi) is 4.57. The predicted octanol–water partition coefficient (Wildman–Crippen LogP) is 6.03. The van der Waals surface area contributed by atoms with Crippen LogP contribution in [0.4, 0.5) is 5.13 Å². The molecule has 150 valence electrons. The van der Waals surface area contributed by atoms with Gasteiger partial charge in [0.05, 0.1) is 22.7 Å². The number of rotatable bonds is 2. The van der Waals surface area contributed by atoms with Crippen LogP contribution in [0, 0.1) is 13.8 Å². The minimum Gasteiger partial charge on any atom is -0.450 e. The van der Waals surface area contributed by atoms with Crippen molar-refractivity contribution in [2.24, 2.45) is 0 Å². The van der Waals surface area contributed by atoms with Crippen molar-refractivity contribution in [2.75, 3.05) is 4.90 Å². The van der Waals surface area contributed by atoms with Gasteiger partial charge in [-0.05, 0) is 49.7 Å². The Bertz CT molecular complexity index is 1390. The molecule has 8 heteroatoms. The monoisotopic (exact) mass is 500 g/mol. The molecule has 30 heavy (non-hydrogen) atoms. The molecule has 1 atom stereocenters. The van der Waals surface area contributed by atoms with Crippen LogP contribution in [0.15, 0.2) is 56.1 Å². The van der Waals surface area contributed by atoms with E-state index in [-0.39, 0.29) is 17.1 Å². The number of anilines is 1. The van der Waals surface area contributed by atoms with Gasteiger partial charge in [-0.2, -0.15) is 0 Å². The molecule has 0 spiro atoms. The van der Waals surface area contributed by atoms with Crippen LogP contribution in [-0.4, -0.2) is 10.9 Å². The van der Waals surface area contributed by atoms with Crippen molar-refractivity contribution in [1.82, 2.24) is 4.98 Å². The summed E-state index contributed by atoms with van der Waals surface area (Å²) < 4.78 is 6.79. The lowest BCUT2D eigenvalue weighted by Crippen LogP contribution is -2.29. The largest absolute Gasteiger partial charge is 0.450 e. The first-order valence-corrected chi connectivity index (χ1v) is 11.1. The van der Waals surface area contributed by atoms with Crippen LogP contribution < -0.4 is 10.3 Å². The minimum absolute atomic E-state index is 0.0466. The fourth-order valence-electron chi connectivity index (χ4n) is 3.69. The number of amides is 1. The number of fused-ring (bicyclic) bond motifs is 2. The van der Waals surface area contributed by atoms with E-state index in [1.807, 2.05) is 38.1 Å². The van der Waals surface area contributed by atoms with Crippen molar-refractivity contribution in [3.05, 3.63) is 89.6 Å². The van der Waals surface area contributed by atoms with E-state index in [0.717, 1.165) is 20.6 Å². The van der Waals surface area contributed by atoms with Crippen molar-refractivity contribution >= 4 is 60.9 Å². The van der Waals surface area contributed by atoms with E-state index in [2.05, 4.69) is 20.9 Å². The van der Waals surface area contributed by atoms with Gasteiger partial charge in [0.2, 0.25) is 5.76 Å². The van der Waals surface area contributed by atoms with Crippen molar-refractivity contribution < 1.29 is 9.21 Å². The summed E-state index contributed by atoms with van der Waals surface area (Å²) in [6, 6.07) is 11.7. The second kappa shape index (κ2) is 7.04. The van der Waals surface area contributed by atoms with Crippen LogP contribution in [0.5, 0.6) is 0 Å². The summed E-state index contributed by atoms with van der Waals surface area (Å²) in [6.45, 7) is 3.86. The van der Waals surface area contributed by atoms with E-state index in [1.54, 1.807) is 23.1 Å². The third-order valence-electron chi connectivity index (χ3n) is 5.22. The Hall–Kier alpha value is -2.48. The molecule has 0 radical (unpaired) electrons. The van der Waals surface area contributed by atoms with E-state index in [1.165, 1.54) is 11.3 Å². The maximum Gasteiger partial charge on any atom is 0.297 e. The van der Waals surface area contributed by atoms with Gasteiger partial charge in [-0.3, -0.25) is 14.5 Å². The lowest BCUT2D eigenvalue weighted by atomic mass is 9.99. The Morgan fingerprint density at radius 1 is 1.17 bits per heavy atom. The SMILES string of the molecule is Cc1nc(N2C(=O)c3oc4ccc(Cl)cc4c(=O)c3C2c2cccc(Br)c2)sc1C. The fourth-order valence-corrected chi connectivity index (χ4v) is 5.22. The third-order valence-corrected chi connectivity index (χ3v) is 7.02. The van der Waals surface area contributed by atoms with Gasteiger partial charge in [0.25, 0.3) is 5.91 Å². The molecule has 5 nitrogen and oxygen atoms in total. The molecule has 0 N–H and O–H groups in total. The molecule has 1 aliphatic rings. The smallest absolute Gasteiger partial charge is 0.297 e. The van der Waals surface area contributed by atoms with Crippen LogP contribution in [0.25, 0.3) is 11.0 Å². The zero-order chi connectivity index (χ0) is 21.2. The van der Waals surface area contributed by atoms with Crippen LogP contribution >= 0.6 is 38.9 Å². The Morgan fingerprint density at radius 3 is 2.67 bits per heavy atom. The van der Waals surface area contributed by atoms with Crippen LogP contribution in [0.1, 0.15) is 38.3 Å². The van der Waals surface area contributed by atoms with E-state index >= 15 is 0 Å². The number of halogens is 2. The topological polar surface area (TPSA) is 63.4 Å². The number of hydrogen-bond donors (Lipinski definition) is 0.